The van der Waals surface area contributed by atoms with Crippen LogP contribution in [0.15, 0.2) is 30.0 Å². The molecule has 0 aliphatic rings. The summed E-state index contributed by atoms with van der Waals surface area (Å²) in [6.07, 6.45) is 0.831. The second-order valence-electron chi connectivity index (χ2n) is 3.97. The molecule has 0 fully saturated rings. The minimum atomic E-state index is -0.875. The fraction of sp³-hybridized carbons (Fsp3) is 0.214. The molecule has 1 aromatic rings. The van der Waals surface area contributed by atoms with Gasteiger partial charge >= 0.3 is 11.9 Å². The third-order valence-corrected chi connectivity index (χ3v) is 2.60. The zero-order chi connectivity index (χ0) is 16.7. The lowest BCUT2D eigenvalue weighted by Gasteiger charge is -2.10. The number of hydrogen-bond donors (Lipinski definition) is 2. The van der Waals surface area contributed by atoms with Gasteiger partial charge in [0.15, 0.2) is 0 Å². The van der Waals surface area contributed by atoms with Gasteiger partial charge in [0.25, 0.3) is 5.91 Å². The van der Waals surface area contributed by atoms with Crippen LogP contribution >= 0.6 is 0 Å². The monoisotopic (exact) mass is 310 g/mol. The van der Waals surface area contributed by atoms with Crippen molar-refractivity contribution in [2.24, 2.45) is 0 Å². The second kappa shape index (κ2) is 7.77. The first-order chi connectivity index (χ1) is 10.4. The summed E-state index contributed by atoms with van der Waals surface area (Å²) in [5.41, 5.74) is -0.295. The lowest BCUT2D eigenvalue weighted by molar-refractivity contribution is -0.138. The lowest BCUT2D eigenvalue weighted by Crippen LogP contribution is -2.19. The number of anilines is 1. The molecule has 0 saturated heterocycles. The summed E-state index contributed by atoms with van der Waals surface area (Å²) in [7, 11) is 3.66. The zero-order valence-corrected chi connectivity index (χ0v) is 12.2. The van der Waals surface area contributed by atoms with Crippen molar-refractivity contribution in [1.82, 2.24) is 5.32 Å². The number of nitrogens with one attached hydrogen (secondary N) is 2. The Labute approximate surface area is 126 Å². The van der Waals surface area contributed by atoms with E-state index in [2.05, 4.69) is 20.1 Å². The summed E-state index contributed by atoms with van der Waals surface area (Å²) in [4.78, 5) is 34.2. The first-order valence-electron chi connectivity index (χ1n) is 6.09. The van der Waals surface area contributed by atoms with Crippen LogP contribution in [0.4, 0.5) is 10.1 Å². The molecule has 0 radical (unpaired) electrons. The smallest absolute Gasteiger partial charge is 0.354 e. The molecule has 1 rings (SSSR count). The summed E-state index contributed by atoms with van der Waals surface area (Å²) >= 11 is 0. The molecule has 0 saturated carbocycles. The molecule has 1 amide bonds. The van der Waals surface area contributed by atoms with Gasteiger partial charge in [0.2, 0.25) is 0 Å². The van der Waals surface area contributed by atoms with Crippen molar-refractivity contribution in [3.05, 3.63) is 41.4 Å². The van der Waals surface area contributed by atoms with E-state index in [1.165, 1.54) is 19.2 Å². The zero-order valence-electron chi connectivity index (χ0n) is 12.2. The highest BCUT2D eigenvalue weighted by Crippen LogP contribution is 2.18. The van der Waals surface area contributed by atoms with Crippen LogP contribution in [-0.4, -0.2) is 39.1 Å². The molecule has 0 spiro atoms. The SMILES string of the molecule is CNC(=O)c1ccc(N/C(=C/C(=O)OC)C(=O)OC)c(F)c1. The quantitative estimate of drug-likeness (QED) is 0.618. The lowest BCUT2D eigenvalue weighted by atomic mass is 10.2. The molecule has 2 N–H and O–H groups in total. The highest BCUT2D eigenvalue weighted by Gasteiger charge is 2.15. The first-order valence-corrected chi connectivity index (χ1v) is 6.09. The highest BCUT2D eigenvalue weighted by atomic mass is 19.1. The first kappa shape index (κ1) is 17.2. The van der Waals surface area contributed by atoms with Crippen molar-refractivity contribution in [3.8, 4) is 0 Å². The van der Waals surface area contributed by atoms with Crippen molar-refractivity contribution in [1.29, 1.82) is 0 Å². The van der Waals surface area contributed by atoms with Crippen LogP contribution < -0.4 is 10.6 Å². The number of carbonyl (C=O) groups is 3. The Bertz CT molecular complexity index is 628. The van der Waals surface area contributed by atoms with Gasteiger partial charge in [0.1, 0.15) is 11.5 Å². The Morgan fingerprint density at radius 1 is 1.18 bits per heavy atom. The molecule has 0 heterocycles. The highest BCUT2D eigenvalue weighted by molar-refractivity contribution is 5.99. The van der Waals surface area contributed by atoms with E-state index in [4.69, 9.17) is 0 Å². The largest absolute Gasteiger partial charge is 0.466 e. The van der Waals surface area contributed by atoms with Crippen molar-refractivity contribution >= 4 is 23.5 Å². The average Bonchev–Trinajstić information content (AvgIpc) is 2.53. The second-order valence-corrected chi connectivity index (χ2v) is 3.97. The Balaban J connectivity index is 3.09. The maximum atomic E-state index is 14.0. The van der Waals surface area contributed by atoms with E-state index in [-0.39, 0.29) is 16.9 Å². The fourth-order valence-corrected chi connectivity index (χ4v) is 1.48. The molecule has 0 aliphatic heterocycles. The van der Waals surface area contributed by atoms with E-state index in [0.29, 0.717) is 0 Å². The number of carbonyl (C=O) groups excluding carboxylic acids is 3. The van der Waals surface area contributed by atoms with Crippen LogP contribution in [0.2, 0.25) is 0 Å². The van der Waals surface area contributed by atoms with Gasteiger partial charge in [-0.3, -0.25) is 4.79 Å². The summed E-state index contributed by atoms with van der Waals surface area (Å²) in [5.74, 6) is -2.92. The van der Waals surface area contributed by atoms with Gasteiger partial charge in [-0.1, -0.05) is 0 Å². The van der Waals surface area contributed by atoms with E-state index in [1.54, 1.807) is 0 Å². The van der Waals surface area contributed by atoms with Gasteiger partial charge in [0, 0.05) is 12.6 Å². The van der Waals surface area contributed by atoms with Crippen molar-refractivity contribution in [3.63, 3.8) is 0 Å². The third kappa shape index (κ3) is 4.30. The maximum absolute atomic E-state index is 14.0. The van der Waals surface area contributed by atoms with E-state index >= 15 is 0 Å². The van der Waals surface area contributed by atoms with Crippen LogP contribution in [0, 0.1) is 5.82 Å². The number of benzene rings is 1. The van der Waals surface area contributed by atoms with Crippen LogP contribution in [-0.2, 0) is 19.1 Å². The molecule has 22 heavy (non-hydrogen) atoms. The normalized spacial score (nSPS) is 10.6. The molecule has 118 valence electrons. The number of halogens is 1. The molecule has 0 aliphatic carbocycles. The Morgan fingerprint density at radius 3 is 2.36 bits per heavy atom. The number of hydrogen-bond acceptors (Lipinski definition) is 6. The van der Waals surface area contributed by atoms with Crippen molar-refractivity contribution in [2.45, 2.75) is 0 Å². The van der Waals surface area contributed by atoms with Crippen LogP contribution in [0.5, 0.6) is 0 Å². The van der Waals surface area contributed by atoms with E-state index in [9.17, 15) is 18.8 Å². The Kier molecular flexibility index (Phi) is 6.06. The van der Waals surface area contributed by atoms with Crippen LogP contribution in [0.1, 0.15) is 10.4 Å². The molecule has 0 aromatic heterocycles. The molecular formula is C14H15FN2O5. The summed E-state index contributed by atoms with van der Waals surface area (Å²) in [6.45, 7) is 0. The van der Waals surface area contributed by atoms with Gasteiger partial charge in [-0.25, -0.2) is 14.0 Å². The van der Waals surface area contributed by atoms with Crippen LogP contribution in [0.25, 0.3) is 0 Å². The van der Waals surface area contributed by atoms with Crippen molar-refractivity contribution in [2.75, 3.05) is 26.6 Å². The van der Waals surface area contributed by atoms with Crippen molar-refractivity contribution < 1.29 is 28.2 Å². The van der Waals surface area contributed by atoms with Gasteiger partial charge in [-0.2, -0.15) is 0 Å². The summed E-state index contributed by atoms with van der Waals surface area (Å²) in [6, 6.07) is 3.61. The van der Waals surface area contributed by atoms with Gasteiger partial charge < -0.3 is 20.1 Å². The molecule has 0 unspecified atom stereocenters. The predicted molar refractivity (Wildman–Crippen MR) is 75.5 cm³/mol. The molecule has 7 nitrogen and oxygen atoms in total. The van der Waals surface area contributed by atoms with Gasteiger partial charge in [0.05, 0.1) is 26.0 Å². The maximum Gasteiger partial charge on any atom is 0.354 e. The van der Waals surface area contributed by atoms with E-state index in [1.807, 2.05) is 0 Å². The topological polar surface area (TPSA) is 93.7 Å². The predicted octanol–water partition coefficient (Wildman–Crippen LogP) is 0.827. The fourth-order valence-electron chi connectivity index (χ4n) is 1.48. The molecule has 0 atom stereocenters. The van der Waals surface area contributed by atoms with Gasteiger partial charge in [-0.05, 0) is 18.2 Å². The Morgan fingerprint density at radius 2 is 1.86 bits per heavy atom. The Hall–Kier alpha value is -2.90. The number of amides is 1. The standard InChI is InChI=1S/C14H15FN2O5/c1-16-13(19)8-4-5-10(9(15)6-8)17-11(14(20)22-3)7-12(18)21-2/h4-7,17H,1-3H3,(H,16,19)/b11-7+. The van der Waals surface area contributed by atoms with Gasteiger partial charge in [-0.15, -0.1) is 0 Å². The van der Waals surface area contributed by atoms with Crippen LogP contribution in [0.3, 0.4) is 0 Å². The number of esters is 2. The summed E-state index contributed by atoms with van der Waals surface area (Å²) < 4.78 is 22.8. The summed E-state index contributed by atoms with van der Waals surface area (Å²) in [5, 5.41) is 4.78. The molecular weight excluding hydrogens is 295 g/mol. The molecule has 0 bridgehead atoms. The van der Waals surface area contributed by atoms with E-state index in [0.717, 1.165) is 26.4 Å². The number of methoxy groups -OCH3 is 2. The third-order valence-electron chi connectivity index (χ3n) is 2.60. The average molecular weight is 310 g/mol. The molecule has 8 heteroatoms. The minimum absolute atomic E-state index is 0.104. The minimum Gasteiger partial charge on any atom is -0.466 e. The number of ether oxygens (including phenoxy) is 2. The van der Waals surface area contributed by atoms with E-state index < -0.39 is 23.7 Å². The molecule has 1 aromatic carbocycles. The number of rotatable bonds is 5.